The highest BCUT2D eigenvalue weighted by molar-refractivity contribution is 8.14. The molecule has 0 aliphatic rings. The quantitative estimate of drug-likeness (QED) is 0.418. The number of alkyl carbamates (subject to hydrolysis) is 1. The van der Waals surface area contributed by atoms with Gasteiger partial charge in [0.2, 0.25) is 0 Å². The maximum atomic E-state index is 11.8. The van der Waals surface area contributed by atoms with Crippen LogP contribution in [0.1, 0.15) is 26.3 Å². The number of aliphatic imine (C=N–C) groups is 1. The van der Waals surface area contributed by atoms with Gasteiger partial charge in [0.25, 0.3) is 0 Å². The van der Waals surface area contributed by atoms with Crippen LogP contribution in [0.15, 0.2) is 29.3 Å². The smallest absolute Gasteiger partial charge is 0.410 e. The first-order chi connectivity index (χ1) is 11.7. The summed E-state index contributed by atoms with van der Waals surface area (Å²) < 4.78 is 5.17. The van der Waals surface area contributed by atoms with Gasteiger partial charge in [-0.05, 0) is 32.4 Å². The average molecular weight is 367 g/mol. The van der Waals surface area contributed by atoms with Gasteiger partial charge in [-0.15, -0.1) is 0 Å². The molecule has 0 aliphatic heterocycles. The van der Waals surface area contributed by atoms with E-state index in [1.807, 2.05) is 0 Å². The fourth-order valence-corrected chi connectivity index (χ4v) is 2.21. The number of benzene rings is 1. The normalized spacial score (nSPS) is 11.6. The van der Waals surface area contributed by atoms with Crippen LogP contribution in [0.5, 0.6) is 0 Å². The standard InChI is InChI=1S/C16H21N3O5S/c1-16(2,3)24-15(23)17-10-11-6-4-5-7-12(11)18-13(19-14(21)22)25-9-8-20/h4-8H,9-10H2,1-3H3,(H,17,23)(H,18,19)(H,21,22). The van der Waals surface area contributed by atoms with Crippen molar-refractivity contribution >= 4 is 41.1 Å². The van der Waals surface area contributed by atoms with Crippen molar-refractivity contribution in [1.29, 1.82) is 0 Å². The van der Waals surface area contributed by atoms with E-state index in [0.29, 0.717) is 17.5 Å². The Balaban J connectivity index is 2.89. The lowest BCUT2D eigenvalue weighted by Gasteiger charge is -2.19. The predicted octanol–water partition coefficient (Wildman–Crippen LogP) is 2.90. The fourth-order valence-electron chi connectivity index (χ4n) is 1.66. The lowest BCUT2D eigenvalue weighted by Crippen LogP contribution is -2.32. The molecule has 0 fully saturated rings. The summed E-state index contributed by atoms with van der Waals surface area (Å²) in [5, 5.41) is 13.7. The molecule has 3 N–H and O–H groups in total. The summed E-state index contributed by atoms with van der Waals surface area (Å²) in [6.07, 6.45) is -1.19. The first-order valence-corrected chi connectivity index (χ1v) is 8.39. The van der Waals surface area contributed by atoms with Gasteiger partial charge in [-0.2, -0.15) is 0 Å². The molecule has 1 aromatic carbocycles. The number of carbonyl (C=O) groups excluding carboxylic acids is 2. The second-order valence-corrected chi connectivity index (χ2v) is 6.82. The molecule has 136 valence electrons. The van der Waals surface area contributed by atoms with Crippen molar-refractivity contribution in [3.05, 3.63) is 29.8 Å². The molecule has 0 radical (unpaired) electrons. The van der Waals surface area contributed by atoms with Gasteiger partial charge in [0.1, 0.15) is 11.9 Å². The van der Waals surface area contributed by atoms with Gasteiger partial charge in [0.15, 0.2) is 5.17 Å². The summed E-state index contributed by atoms with van der Waals surface area (Å²) in [6.45, 7) is 5.45. The van der Waals surface area contributed by atoms with E-state index in [1.54, 1.807) is 45.0 Å². The minimum absolute atomic E-state index is 0.0669. The van der Waals surface area contributed by atoms with Crippen molar-refractivity contribution in [2.24, 2.45) is 4.99 Å². The van der Waals surface area contributed by atoms with Crippen LogP contribution in [0.2, 0.25) is 0 Å². The third kappa shape index (κ3) is 8.75. The highest BCUT2D eigenvalue weighted by atomic mass is 32.2. The molecular formula is C16H21N3O5S. The number of hydrogen-bond acceptors (Lipinski definition) is 6. The molecule has 8 nitrogen and oxygen atoms in total. The third-order valence-electron chi connectivity index (χ3n) is 2.54. The summed E-state index contributed by atoms with van der Waals surface area (Å²) in [6, 6.07) is 6.93. The fraction of sp³-hybridized carbons (Fsp3) is 0.375. The van der Waals surface area contributed by atoms with Crippen LogP contribution in [-0.2, 0) is 16.1 Å². The van der Waals surface area contributed by atoms with Crippen molar-refractivity contribution in [3.8, 4) is 0 Å². The summed E-state index contributed by atoms with van der Waals surface area (Å²) in [5.41, 5.74) is 0.539. The van der Waals surface area contributed by atoms with E-state index in [4.69, 9.17) is 9.84 Å². The molecule has 0 saturated heterocycles. The molecule has 0 bridgehead atoms. The molecule has 9 heteroatoms. The van der Waals surface area contributed by atoms with Gasteiger partial charge in [-0.1, -0.05) is 30.0 Å². The molecule has 0 aliphatic carbocycles. The second kappa shape index (κ2) is 9.67. The summed E-state index contributed by atoms with van der Waals surface area (Å²) in [4.78, 5) is 37.3. The van der Waals surface area contributed by atoms with Gasteiger partial charge in [0, 0.05) is 6.54 Å². The zero-order chi connectivity index (χ0) is 18.9. The number of amides is 2. The number of nitrogens with one attached hydrogen (secondary N) is 2. The van der Waals surface area contributed by atoms with Crippen LogP contribution < -0.4 is 10.6 Å². The molecule has 0 aromatic heterocycles. The van der Waals surface area contributed by atoms with E-state index in [9.17, 15) is 14.4 Å². The molecule has 0 saturated carbocycles. The van der Waals surface area contributed by atoms with E-state index in [2.05, 4.69) is 15.6 Å². The van der Waals surface area contributed by atoms with Gasteiger partial charge in [0.05, 0.1) is 11.4 Å². The molecular weight excluding hydrogens is 346 g/mol. The van der Waals surface area contributed by atoms with Gasteiger partial charge >= 0.3 is 12.2 Å². The molecule has 0 spiro atoms. The highest BCUT2D eigenvalue weighted by Crippen LogP contribution is 2.20. The Labute approximate surface area is 150 Å². The number of thioether (sulfide) groups is 1. The Bertz CT molecular complexity index is 655. The predicted molar refractivity (Wildman–Crippen MR) is 96.3 cm³/mol. The zero-order valence-electron chi connectivity index (χ0n) is 14.2. The first kappa shape index (κ1) is 20.5. The van der Waals surface area contributed by atoms with Gasteiger partial charge in [-0.25, -0.2) is 14.6 Å². The Morgan fingerprint density at radius 1 is 1.32 bits per heavy atom. The van der Waals surface area contributed by atoms with Crippen molar-refractivity contribution in [1.82, 2.24) is 10.6 Å². The van der Waals surface area contributed by atoms with Gasteiger partial charge in [-0.3, -0.25) is 5.32 Å². The van der Waals surface area contributed by atoms with Crippen molar-refractivity contribution in [2.75, 3.05) is 5.75 Å². The van der Waals surface area contributed by atoms with Crippen LogP contribution in [0.3, 0.4) is 0 Å². The monoisotopic (exact) mass is 367 g/mol. The molecule has 0 atom stereocenters. The first-order valence-electron chi connectivity index (χ1n) is 7.41. The van der Waals surface area contributed by atoms with Crippen molar-refractivity contribution in [3.63, 3.8) is 0 Å². The second-order valence-electron chi connectivity index (χ2n) is 5.81. The topological polar surface area (TPSA) is 117 Å². The average Bonchev–Trinajstić information content (AvgIpc) is 2.49. The zero-order valence-corrected chi connectivity index (χ0v) is 15.1. The van der Waals surface area contributed by atoms with E-state index < -0.39 is 17.8 Å². The summed E-state index contributed by atoms with van der Waals surface area (Å²) in [5.74, 6) is 0.0669. The summed E-state index contributed by atoms with van der Waals surface area (Å²) >= 11 is 0.964. The van der Waals surface area contributed by atoms with Crippen LogP contribution in [-0.4, -0.2) is 40.1 Å². The Morgan fingerprint density at radius 2 is 2.00 bits per heavy atom. The SMILES string of the molecule is CC(C)(C)OC(=O)NCc1ccccc1N=C(NC(=O)O)SCC=O. The van der Waals surface area contributed by atoms with Crippen LogP contribution in [0.25, 0.3) is 0 Å². The molecule has 2 amide bonds. The van der Waals surface area contributed by atoms with E-state index in [0.717, 1.165) is 11.8 Å². The van der Waals surface area contributed by atoms with E-state index >= 15 is 0 Å². The number of hydrogen-bond donors (Lipinski definition) is 3. The lowest BCUT2D eigenvalue weighted by molar-refractivity contribution is -0.105. The number of nitrogens with zero attached hydrogens (tertiary/aromatic N) is 1. The number of ether oxygens (including phenoxy) is 1. The van der Waals surface area contributed by atoms with Crippen LogP contribution in [0.4, 0.5) is 15.3 Å². The largest absolute Gasteiger partial charge is 0.465 e. The van der Waals surface area contributed by atoms with Crippen molar-refractivity contribution in [2.45, 2.75) is 32.9 Å². The Hall–Kier alpha value is -2.55. The number of carboxylic acid groups (broad SMARTS) is 1. The number of rotatable bonds is 5. The third-order valence-corrected chi connectivity index (χ3v) is 3.31. The maximum absolute atomic E-state index is 11.8. The number of para-hydroxylation sites is 1. The number of aldehydes is 1. The molecule has 0 heterocycles. The van der Waals surface area contributed by atoms with Crippen molar-refractivity contribution < 1.29 is 24.2 Å². The molecule has 0 unspecified atom stereocenters. The maximum Gasteiger partial charge on any atom is 0.410 e. The number of carbonyl (C=O) groups is 3. The Kier molecular flexibility index (Phi) is 7.93. The molecule has 1 rings (SSSR count). The Morgan fingerprint density at radius 3 is 2.60 bits per heavy atom. The van der Waals surface area contributed by atoms with Gasteiger partial charge < -0.3 is 20.0 Å². The highest BCUT2D eigenvalue weighted by Gasteiger charge is 2.16. The van der Waals surface area contributed by atoms with Crippen LogP contribution in [0, 0.1) is 0 Å². The summed E-state index contributed by atoms with van der Waals surface area (Å²) in [7, 11) is 0. The number of amidine groups is 1. The van der Waals surface area contributed by atoms with Crippen LogP contribution >= 0.6 is 11.8 Å². The minimum Gasteiger partial charge on any atom is -0.465 e. The van der Waals surface area contributed by atoms with E-state index in [1.165, 1.54) is 0 Å². The molecule has 25 heavy (non-hydrogen) atoms. The minimum atomic E-state index is -1.28. The van der Waals surface area contributed by atoms with E-state index in [-0.39, 0.29) is 17.5 Å². The lowest BCUT2D eigenvalue weighted by atomic mass is 10.2. The molecule has 1 aromatic rings.